The lowest BCUT2D eigenvalue weighted by Gasteiger charge is -2.19. The molecule has 1 aliphatic rings. The van der Waals surface area contributed by atoms with Crippen LogP contribution in [0.5, 0.6) is 0 Å². The van der Waals surface area contributed by atoms with Crippen molar-refractivity contribution in [2.75, 3.05) is 0 Å². The van der Waals surface area contributed by atoms with E-state index in [1.54, 1.807) is 0 Å². The van der Waals surface area contributed by atoms with E-state index in [9.17, 15) is 0 Å². The Morgan fingerprint density at radius 3 is 2.64 bits per heavy atom. The normalized spacial score (nSPS) is 16.5. The fourth-order valence-corrected chi connectivity index (χ4v) is 3.46. The highest BCUT2D eigenvalue weighted by Gasteiger charge is 2.21. The summed E-state index contributed by atoms with van der Waals surface area (Å²) in [4.78, 5) is 8.27. The van der Waals surface area contributed by atoms with Crippen molar-refractivity contribution >= 4 is 27.9 Å². The quantitative estimate of drug-likeness (QED) is 0.530. The van der Waals surface area contributed by atoms with Gasteiger partial charge < -0.3 is 4.98 Å². The van der Waals surface area contributed by atoms with Gasteiger partial charge in [-0.2, -0.15) is 0 Å². The molecule has 1 aliphatic carbocycles. The van der Waals surface area contributed by atoms with Crippen molar-refractivity contribution in [3.05, 3.63) is 83.7 Å². The molecule has 0 saturated carbocycles. The molecule has 104 valence electrons. The molecule has 1 aromatic heterocycles. The van der Waals surface area contributed by atoms with Gasteiger partial charge in [0.05, 0.1) is 17.0 Å². The highest BCUT2D eigenvalue weighted by molar-refractivity contribution is 5.96. The second-order valence-corrected chi connectivity index (χ2v) is 5.77. The van der Waals surface area contributed by atoms with Gasteiger partial charge in [0.1, 0.15) is 5.82 Å². The van der Waals surface area contributed by atoms with Gasteiger partial charge in [0.25, 0.3) is 0 Å². The predicted octanol–water partition coefficient (Wildman–Crippen LogP) is 4.87. The van der Waals surface area contributed by atoms with Gasteiger partial charge in [-0.15, -0.1) is 0 Å². The third kappa shape index (κ3) is 1.58. The van der Waals surface area contributed by atoms with E-state index in [4.69, 9.17) is 4.98 Å². The molecule has 0 fully saturated rings. The van der Waals surface area contributed by atoms with Crippen LogP contribution in [0.4, 0.5) is 0 Å². The Balaban J connectivity index is 1.77. The van der Waals surface area contributed by atoms with Gasteiger partial charge in [-0.1, -0.05) is 60.7 Å². The smallest absolute Gasteiger partial charge is 0.118 e. The lowest BCUT2D eigenvalue weighted by molar-refractivity contribution is 0.932. The zero-order valence-corrected chi connectivity index (χ0v) is 12.0. The fourth-order valence-electron chi connectivity index (χ4n) is 3.46. The number of nitrogens with one attached hydrogen (secondary N) is 1. The lowest BCUT2D eigenvalue weighted by atomic mass is 9.86. The van der Waals surface area contributed by atoms with E-state index in [1.165, 1.54) is 21.9 Å². The standard InChI is InChI=1S/C20H14N2/c1-2-10-18-17(9-1)21-20(22-18)16-12-11-14-6-3-5-13-7-4-8-15(16)19(13)14/h1-12,16H,(H,21,22). The van der Waals surface area contributed by atoms with Crippen LogP contribution in [0.3, 0.4) is 0 Å². The number of para-hydroxylation sites is 2. The zero-order valence-electron chi connectivity index (χ0n) is 12.0. The molecule has 0 aliphatic heterocycles. The summed E-state index contributed by atoms with van der Waals surface area (Å²) in [6, 6.07) is 21.2. The molecule has 0 spiro atoms. The molecule has 1 heterocycles. The summed E-state index contributed by atoms with van der Waals surface area (Å²) in [6.07, 6.45) is 4.46. The largest absolute Gasteiger partial charge is 0.341 e. The van der Waals surface area contributed by atoms with E-state index >= 15 is 0 Å². The summed E-state index contributed by atoms with van der Waals surface area (Å²) in [5.41, 5.74) is 4.74. The average molecular weight is 282 g/mol. The maximum absolute atomic E-state index is 4.79. The number of nitrogens with zero attached hydrogens (tertiary/aromatic N) is 1. The van der Waals surface area contributed by atoms with Crippen LogP contribution in [0.1, 0.15) is 22.9 Å². The van der Waals surface area contributed by atoms with Crippen LogP contribution in [-0.2, 0) is 0 Å². The van der Waals surface area contributed by atoms with Gasteiger partial charge in [0.2, 0.25) is 0 Å². The first kappa shape index (κ1) is 11.8. The van der Waals surface area contributed by atoms with Crippen LogP contribution < -0.4 is 0 Å². The summed E-state index contributed by atoms with van der Waals surface area (Å²) in [7, 11) is 0. The highest BCUT2D eigenvalue weighted by Crippen LogP contribution is 2.37. The Bertz CT molecular complexity index is 1000. The summed E-state index contributed by atoms with van der Waals surface area (Å²) in [6.45, 7) is 0. The highest BCUT2D eigenvalue weighted by atomic mass is 14.9. The molecule has 5 rings (SSSR count). The van der Waals surface area contributed by atoms with E-state index in [2.05, 4.69) is 65.7 Å². The minimum absolute atomic E-state index is 0.186. The van der Waals surface area contributed by atoms with Gasteiger partial charge in [0.15, 0.2) is 0 Å². The number of fused-ring (bicyclic) bond motifs is 1. The number of imidazole rings is 1. The maximum atomic E-state index is 4.79. The van der Waals surface area contributed by atoms with Gasteiger partial charge in [-0.3, -0.25) is 0 Å². The number of hydrogen-bond acceptors (Lipinski definition) is 1. The predicted molar refractivity (Wildman–Crippen MR) is 90.9 cm³/mol. The van der Waals surface area contributed by atoms with Gasteiger partial charge in [-0.25, -0.2) is 4.98 Å². The molecule has 0 saturated heterocycles. The number of allylic oxidation sites excluding steroid dienone is 1. The molecule has 2 nitrogen and oxygen atoms in total. The van der Waals surface area contributed by atoms with Crippen LogP contribution in [-0.4, -0.2) is 9.97 Å². The van der Waals surface area contributed by atoms with E-state index in [0.717, 1.165) is 16.9 Å². The molecule has 1 N–H and O–H groups in total. The van der Waals surface area contributed by atoms with Gasteiger partial charge in [-0.05, 0) is 34.0 Å². The number of H-pyrrole nitrogens is 1. The Morgan fingerprint density at radius 1 is 0.864 bits per heavy atom. The molecular formula is C20H14N2. The first-order chi connectivity index (χ1) is 10.9. The Kier molecular flexibility index (Phi) is 2.30. The maximum Gasteiger partial charge on any atom is 0.118 e. The molecule has 1 unspecified atom stereocenters. The van der Waals surface area contributed by atoms with Crippen molar-refractivity contribution in [1.29, 1.82) is 0 Å². The summed E-state index contributed by atoms with van der Waals surface area (Å²) >= 11 is 0. The number of rotatable bonds is 1. The number of aromatic amines is 1. The van der Waals surface area contributed by atoms with E-state index < -0.39 is 0 Å². The third-order valence-corrected chi connectivity index (χ3v) is 4.47. The Labute approximate surface area is 128 Å². The second-order valence-electron chi connectivity index (χ2n) is 5.77. The Morgan fingerprint density at radius 2 is 1.73 bits per heavy atom. The molecule has 1 atom stereocenters. The second kappa shape index (κ2) is 4.31. The third-order valence-electron chi connectivity index (χ3n) is 4.47. The van der Waals surface area contributed by atoms with Crippen LogP contribution >= 0.6 is 0 Å². The van der Waals surface area contributed by atoms with Crippen molar-refractivity contribution in [3.63, 3.8) is 0 Å². The molecule has 22 heavy (non-hydrogen) atoms. The SMILES string of the molecule is C1=CC(c2nc3ccccc3[nH]2)c2cccc3cccc1c23. The van der Waals surface area contributed by atoms with Crippen molar-refractivity contribution in [1.82, 2.24) is 9.97 Å². The van der Waals surface area contributed by atoms with Crippen LogP contribution in [0, 0.1) is 0 Å². The van der Waals surface area contributed by atoms with Crippen LogP contribution in [0.25, 0.3) is 27.9 Å². The summed E-state index contributed by atoms with van der Waals surface area (Å²) in [5.74, 6) is 1.20. The fraction of sp³-hybridized carbons (Fsp3) is 0.0500. The van der Waals surface area contributed by atoms with Crippen LogP contribution in [0.15, 0.2) is 66.7 Å². The number of benzene rings is 3. The molecule has 0 bridgehead atoms. The van der Waals surface area contributed by atoms with Crippen molar-refractivity contribution in [2.24, 2.45) is 0 Å². The van der Waals surface area contributed by atoms with Gasteiger partial charge in [0, 0.05) is 0 Å². The van der Waals surface area contributed by atoms with E-state index in [-0.39, 0.29) is 5.92 Å². The number of hydrogen-bond donors (Lipinski definition) is 1. The summed E-state index contributed by atoms with van der Waals surface area (Å²) in [5, 5.41) is 2.64. The van der Waals surface area contributed by atoms with E-state index in [0.29, 0.717) is 0 Å². The molecule has 2 heteroatoms. The van der Waals surface area contributed by atoms with Crippen molar-refractivity contribution < 1.29 is 0 Å². The van der Waals surface area contributed by atoms with Crippen LogP contribution in [0.2, 0.25) is 0 Å². The molecule has 3 aromatic carbocycles. The first-order valence-corrected chi connectivity index (χ1v) is 7.55. The van der Waals surface area contributed by atoms with E-state index in [1.807, 2.05) is 12.1 Å². The molecule has 4 aromatic rings. The lowest BCUT2D eigenvalue weighted by Crippen LogP contribution is -2.04. The zero-order chi connectivity index (χ0) is 14.5. The topological polar surface area (TPSA) is 28.7 Å². The minimum atomic E-state index is 0.186. The average Bonchev–Trinajstić information content (AvgIpc) is 2.99. The molecule has 0 radical (unpaired) electrons. The van der Waals surface area contributed by atoms with Crippen molar-refractivity contribution in [2.45, 2.75) is 5.92 Å². The number of aromatic nitrogens is 2. The monoisotopic (exact) mass is 282 g/mol. The Hall–Kier alpha value is -2.87. The minimum Gasteiger partial charge on any atom is -0.341 e. The first-order valence-electron chi connectivity index (χ1n) is 7.55. The van der Waals surface area contributed by atoms with Gasteiger partial charge >= 0.3 is 0 Å². The van der Waals surface area contributed by atoms with Crippen molar-refractivity contribution in [3.8, 4) is 0 Å². The molecule has 0 amide bonds. The molecular weight excluding hydrogens is 268 g/mol. The summed E-state index contributed by atoms with van der Waals surface area (Å²) < 4.78 is 0.